The first-order valence-corrected chi connectivity index (χ1v) is 10.5. The van der Waals surface area contributed by atoms with Gasteiger partial charge in [0.25, 0.3) is 0 Å². The lowest BCUT2D eigenvalue weighted by Crippen LogP contribution is -2.50. The fourth-order valence-electron chi connectivity index (χ4n) is 4.07. The number of pyridine rings is 1. The summed E-state index contributed by atoms with van der Waals surface area (Å²) in [5.74, 6) is -4.07. The summed E-state index contributed by atoms with van der Waals surface area (Å²) in [5, 5.41) is 2.76. The minimum atomic E-state index is -2.77. The molecule has 1 fully saturated rings. The molecule has 0 bridgehead atoms. The number of primary amides is 1. The van der Waals surface area contributed by atoms with Gasteiger partial charge in [-0.15, -0.1) is 0 Å². The minimum Gasteiger partial charge on any atom is -0.464 e. The summed E-state index contributed by atoms with van der Waals surface area (Å²) >= 11 is 0. The molecule has 180 valence electrons. The Labute approximate surface area is 190 Å². The monoisotopic (exact) mass is 466 g/mol. The first kappa shape index (κ1) is 24.4. The quantitative estimate of drug-likeness (QED) is 0.639. The van der Waals surface area contributed by atoms with E-state index < -0.39 is 34.9 Å². The Morgan fingerprint density at radius 3 is 2.45 bits per heavy atom. The summed E-state index contributed by atoms with van der Waals surface area (Å²) in [6.45, 7) is 5.02. The van der Waals surface area contributed by atoms with Crippen LogP contribution < -0.4 is 11.1 Å². The average molecular weight is 466 g/mol. The highest BCUT2D eigenvalue weighted by molar-refractivity contribution is 5.91. The molecule has 11 heteroatoms. The van der Waals surface area contributed by atoms with E-state index in [1.54, 1.807) is 26.8 Å². The summed E-state index contributed by atoms with van der Waals surface area (Å²) in [4.78, 5) is 41.9. The van der Waals surface area contributed by atoms with Crippen LogP contribution in [0.25, 0.3) is 5.70 Å². The van der Waals surface area contributed by atoms with E-state index in [9.17, 15) is 23.2 Å². The molecule has 33 heavy (non-hydrogen) atoms. The van der Waals surface area contributed by atoms with E-state index in [1.807, 2.05) is 0 Å². The van der Waals surface area contributed by atoms with Crippen molar-refractivity contribution in [3.63, 3.8) is 0 Å². The Kier molecular flexibility index (Phi) is 6.36. The average Bonchev–Trinajstić information content (AvgIpc) is 2.68. The topological polar surface area (TPSA) is 124 Å². The van der Waals surface area contributed by atoms with Gasteiger partial charge in [-0.25, -0.2) is 23.4 Å². The molecule has 1 aliphatic carbocycles. The van der Waals surface area contributed by atoms with Gasteiger partial charge in [0.05, 0.1) is 19.4 Å². The fraction of sp³-hybridized carbons (Fsp3) is 0.545. The number of aromatic nitrogens is 1. The number of nitrogens with zero attached hydrogens (tertiary/aromatic N) is 2. The van der Waals surface area contributed by atoms with Gasteiger partial charge in [0.15, 0.2) is 5.69 Å². The Hall–Kier alpha value is -3.24. The highest BCUT2D eigenvalue weighted by atomic mass is 19.3. The van der Waals surface area contributed by atoms with E-state index in [4.69, 9.17) is 15.2 Å². The van der Waals surface area contributed by atoms with Crippen molar-refractivity contribution in [2.75, 3.05) is 25.5 Å². The second kappa shape index (κ2) is 8.60. The third-order valence-electron chi connectivity index (χ3n) is 5.40. The number of carbonyl (C=O) groups excluding carboxylic acids is 3. The van der Waals surface area contributed by atoms with Gasteiger partial charge in [-0.3, -0.25) is 9.69 Å². The number of esters is 1. The number of nitrogens with two attached hydrogens (primary N) is 1. The first-order chi connectivity index (χ1) is 15.2. The van der Waals surface area contributed by atoms with Crippen molar-refractivity contribution < 1.29 is 32.6 Å². The number of halogens is 2. The first-order valence-electron chi connectivity index (χ1n) is 10.5. The van der Waals surface area contributed by atoms with Crippen LogP contribution in [-0.2, 0) is 14.3 Å². The van der Waals surface area contributed by atoms with E-state index in [-0.39, 0.29) is 37.4 Å². The molecular weight excluding hydrogens is 438 g/mol. The highest BCUT2D eigenvalue weighted by Gasteiger charge is 2.57. The standard InChI is InChI=1S/C22H28F2N4O5/c1-20(2,3)33-19(31)28-8-7-21(11-22(23,24)12-21)9-15(28)13-5-6-14(18(30)32-4)27-17(13)26-10-16(25)29/h5-6,9H,7-8,10-12H2,1-4H3,(H2,25,29)(H,26,27). The zero-order valence-electron chi connectivity index (χ0n) is 19.0. The number of methoxy groups -OCH3 is 1. The molecular formula is C22H28F2N4O5. The molecule has 0 atom stereocenters. The smallest absolute Gasteiger partial charge is 0.414 e. The van der Waals surface area contributed by atoms with Crippen LogP contribution >= 0.6 is 0 Å². The molecule has 1 aromatic rings. The second-order valence-corrected chi connectivity index (χ2v) is 9.39. The summed E-state index contributed by atoms with van der Waals surface area (Å²) in [6.07, 6.45) is 0.686. The zero-order valence-corrected chi connectivity index (χ0v) is 19.0. The fourth-order valence-corrected chi connectivity index (χ4v) is 4.07. The number of amides is 2. The van der Waals surface area contributed by atoms with E-state index in [2.05, 4.69) is 10.3 Å². The van der Waals surface area contributed by atoms with E-state index in [0.717, 1.165) is 0 Å². The van der Waals surface area contributed by atoms with Crippen LogP contribution in [0.2, 0.25) is 0 Å². The van der Waals surface area contributed by atoms with Gasteiger partial charge in [0.1, 0.15) is 11.4 Å². The van der Waals surface area contributed by atoms with Gasteiger partial charge in [-0.05, 0) is 39.3 Å². The van der Waals surface area contributed by atoms with Crippen LogP contribution in [0.4, 0.5) is 19.4 Å². The molecule has 3 N–H and O–H groups in total. The van der Waals surface area contributed by atoms with E-state index in [1.165, 1.54) is 24.1 Å². The summed E-state index contributed by atoms with van der Waals surface area (Å²) < 4.78 is 37.8. The molecule has 2 amide bonds. The van der Waals surface area contributed by atoms with Crippen molar-refractivity contribution in [2.24, 2.45) is 11.1 Å². The van der Waals surface area contributed by atoms with Crippen molar-refractivity contribution in [3.05, 3.63) is 29.5 Å². The van der Waals surface area contributed by atoms with Crippen molar-refractivity contribution in [1.29, 1.82) is 0 Å². The predicted molar refractivity (Wildman–Crippen MR) is 115 cm³/mol. The molecule has 1 spiro atoms. The summed E-state index contributed by atoms with van der Waals surface area (Å²) in [7, 11) is 1.20. The number of rotatable bonds is 5. The normalized spacial score (nSPS) is 18.7. The van der Waals surface area contributed by atoms with Gasteiger partial charge in [0.2, 0.25) is 11.8 Å². The molecule has 1 saturated carbocycles. The lowest BCUT2D eigenvalue weighted by atomic mass is 9.62. The Morgan fingerprint density at radius 1 is 1.24 bits per heavy atom. The van der Waals surface area contributed by atoms with Gasteiger partial charge in [-0.1, -0.05) is 6.08 Å². The minimum absolute atomic E-state index is 0.0432. The molecule has 2 heterocycles. The molecule has 0 unspecified atom stereocenters. The van der Waals surface area contributed by atoms with Crippen LogP contribution in [0.15, 0.2) is 18.2 Å². The lowest BCUT2D eigenvalue weighted by Gasteiger charge is -2.49. The molecule has 0 aromatic carbocycles. The lowest BCUT2D eigenvalue weighted by molar-refractivity contribution is -0.146. The van der Waals surface area contributed by atoms with Crippen LogP contribution in [0.5, 0.6) is 0 Å². The van der Waals surface area contributed by atoms with Crippen LogP contribution in [0, 0.1) is 5.41 Å². The third kappa shape index (κ3) is 5.58. The van der Waals surface area contributed by atoms with Crippen LogP contribution in [0.1, 0.15) is 56.1 Å². The summed E-state index contributed by atoms with van der Waals surface area (Å²) in [6, 6.07) is 2.91. The number of ether oxygens (including phenoxy) is 2. The van der Waals surface area contributed by atoms with E-state index >= 15 is 0 Å². The van der Waals surface area contributed by atoms with Crippen molar-refractivity contribution >= 4 is 29.5 Å². The number of nitrogens with one attached hydrogen (secondary N) is 1. The number of carbonyl (C=O) groups is 3. The molecule has 1 aromatic heterocycles. The SMILES string of the molecule is COC(=O)c1ccc(C2=CC3(CCN2C(=O)OC(C)(C)C)CC(F)(F)C3)c(NCC(N)=O)n1. The molecule has 0 radical (unpaired) electrons. The van der Waals surface area contributed by atoms with E-state index in [0.29, 0.717) is 17.7 Å². The Bertz CT molecular complexity index is 995. The number of hydrogen-bond acceptors (Lipinski definition) is 7. The maximum absolute atomic E-state index is 13.8. The predicted octanol–water partition coefficient (Wildman–Crippen LogP) is 3.16. The summed E-state index contributed by atoms with van der Waals surface area (Å²) in [5.41, 5.74) is 4.28. The zero-order chi connectivity index (χ0) is 24.6. The maximum Gasteiger partial charge on any atom is 0.414 e. The third-order valence-corrected chi connectivity index (χ3v) is 5.40. The number of allylic oxidation sites excluding steroid dienone is 1. The number of alkyl halides is 2. The van der Waals surface area contributed by atoms with Gasteiger partial charge in [-0.2, -0.15) is 0 Å². The van der Waals surface area contributed by atoms with Gasteiger partial charge >= 0.3 is 12.1 Å². The van der Waals surface area contributed by atoms with Crippen molar-refractivity contribution in [3.8, 4) is 0 Å². The maximum atomic E-state index is 13.8. The largest absolute Gasteiger partial charge is 0.464 e. The molecule has 1 aliphatic heterocycles. The Morgan fingerprint density at radius 2 is 1.91 bits per heavy atom. The Balaban J connectivity index is 2.09. The molecule has 9 nitrogen and oxygen atoms in total. The second-order valence-electron chi connectivity index (χ2n) is 9.39. The number of hydrogen-bond donors (Lipinski definition) is 2. The van der Waals surface area contributed by atoms with Crippen molar-refractivity contribution in [1.82, 2.24) is 9.88 Å². The molecule has 0 saturated heterocycles. The number of anilines is 1. The van der Waals surface area contributed by atoms with Crippen LogP contribution in [0.3, 0.4) is 0 Å². The molecule has 2 aliphatic rings. The van der Waals surface area contributed by atoms with Gasteiger partial charge in [0, 0.05) is 30.4 Å². The highest BCUT2D eigenvalue weighted by Crippen LogP contribution is 2.57. The van der Waals surface area contributed by atoms with Gasteiger partial charge < -0.3 is 20.5 Å². The van der Waals surface area contributed by atoms with Crippen molar-refractivity contribution in [2.45, 2.75) is 51.6 Å². The van der Waals surface area contributed by atoms with Crippen LogP contribution in [-0.4, -0.2) is 59.6 Å². The molecule has 3 rings (SSSR count).